The molecule has 2 rings (SSSR count). The van der Waals surface area contributed by atoms with Crippen LogP contribution in [0, 0.1) is 11.6 Å². The van der Waals surface area contributed by atoms with E-state index in [1.54, 1.807) is 18.6 Å². The van der Waals surface area contributed by atoms with Gasteiger partial charge >= 0.3 is 0 Å². The first-order chi connectivity index (χ1) is 9.13. The van der Waals surface area contributed by atoms with Gasteiger partial charge in [-0.2, -0.15) is 0 Å². The van der Waals surface area contributed by atoms with Crippen molar-refractivity contribution < 1.29 is 13.2 Å². The lowest BCUT2D eigenvalue weighted by Gasteiger charge is -2.17. The molecule has 0 bridgehead atoms. The molecule has 102 valence electrons. The summed E-state index contributed by atoms with van der Waals surface area (Å²) >= 11 is 3.08. The van der Waals surface area contributed by atoms with Crippen LogP contribution < -0.4 is 5.32 Å². The first-order valence-electron chi connectivity index (χ1n) is 6.01. The molecule has 0 radical (unpaired) electrons. The van der Waals surface area contributed by atoms with Crippen LogP contribution in [0.4, 0.5) is 8.78 Å². The van der Waals surface area contributed by atoms with Crippen molar-refractivity contribution >= 4 is 15.9 Å². The molecule has 0 saturated heterocycles. The van der Waals surface area contributed by atoms with Crippen molar-refractivity contribution in [2.75, 3.05) is 6.54 Å². The Bertz CT molecular complexity index is 543. The van der Waals surface area contributed by atoms with Gasteiger partial charge in [0.25, 0.3) is 0 Å². The van der Waals surface area contributed by atoms with E-state index < -0.39 is 11.6 Å². The van der Waals surface area contributed by atoms with Gasteiger partial charge in [0.1, 0.15) is 11.6 Å². The Labute approximate surface area is 118 Å². The summed E-state index contributed by atoms with van der Waals surface area (Å²) in [5.74, 6) is -1.08. The molecule has 0 saturated carbocycles. The number of hydrogen-bond donors (Lipinski definition) is 1. The predicted molar refractivity (Wildman–Crippen MR) is 72.9 cm³/mol. The van der Waals surface area contributed by atoms with E-state index in [2.05, 4.69) is 21.2 Å². The second-order valence-electron chi connectivity index (χ2n) is 4.19. The van der Waals surface area contributed by atoms with Crippen LogP contribution in [0.25, 0.3) is 0 Å². The number of benzene rings is 1. The van der Waals surface area contributed by atoms with Crippen molar-refractivity contribution in [3.8, 4) is 0 Å². The average molecular weight is 330 g/mol. The molecule has 1 unspecified atom stereocenters. The molecule has 1 N–H and O–H groups in total. The van der Waals surface area contributed by atoms with Gasteiger partial charge in [0, 0.05) is 17.2 Å². The summed E-state index contributed by atoms with van der Waals surface area (Å²) in [5, 5.41) is 3.20. The largest absolute Gasteiger partial charge is 0.472 e. The minimum atomic E-state index is -0.550. The van der Waals surface area contributed by atoms with Crippen LogP contribution in [-0.4, -0.2) is 6.54 Å². The molecule has 0 aliphatic heterocycles. The van der Waals surface area contributed by atoms with Crippen LogP contribution in [0.1, 0.15) is 24.1 Å². The predicted octanol–water partition coefficient (Wildman–Crippen LogP) is 4.21. The zero-order valence-corrected chi connectivity index (χ0v) is 12.0. The SMILES string of the molecule is CCNC(Cc1c(F)ccc(Br)c1F)c1ccoc1. The lowest BCUT2D eigenvalue weighted by Crippen LogP contribution is -2.23. The topological polar surface area (TPSA) is 25.2 Å². The highest BCUT2D eigenvalue weighted by atomic mass is 79.9. The Hall–Kier alpha value is -1.20. The van der Waals surface area contributed by atoms with Gasteiger partial charge < -0.3 is 9.73 Å². The molecular formula is C14H14BrF2NO. The zero-order valence-electron chi connectivity index (χ0n) is 10.4. The molecular weight excluding hydrogens is 316 g/mol. The van der Waals surface area contributed by atoms with E-state index >= 15 is 0 Å². The second kappa shape index (κ2) is 6.30. The normalized spacial score (nSPS) is 12.6. The third-order valence-electron chi connectivity index (χ3n) is 2.94. The van der Waals surface area contributed by atoms with Crippen LogP contribution in [-0.2, 0) is 6.42 Å². The van der Waals surface area contributed by atoms with Gasteiger partial charge in [-0.15, -0.1) is 0 Å². The van der Waals surface area contributed by atoms with E-state index in [-0.39, 0.29) is 22.5 Å². The number of hydrogen-bond acceptors (Lipinski definition) is 2. The Kier molecular flexibility index (Phi) is 4.71. The first-order valence-corrected chi connectivity index (χ1v) is 6.80. The van der Waals surface area contributed by atoms with E-state index in [1.165, 1.54) is 12.1 Å². The molecule has 1 atom stereocenters. The smallest absolute Gasteiger partial charge is 0.143 e. The van der Waals surface area contributed by atoms with Crippen LogP contribution in [0.2, 0.25) is 0 Å². The van der Waals surface area contributed by atoms with Crippen LogP contribution >= 0.6 is 15.9 Å². The van der Waals surface area contributed by atoms with Gasteiger partial charge in [0.15, 0.2) is 0 Å². The molecule has 0 fully saturated rings. The molecule has 2 nitrogen and oxygen atoms in total. The molecule has 1 heterocycles. The van der Waals surface area contributed by atoms with Crippen LogP contribution in [0.5, 0.6) is 0 Å². The summed E-state index contributed by atoms with van der Waals surface area (Å²) in [6, 6.07) is 4.25. The van der Waals surface area contributed by atoms with Gasteiger partial charge in [-0.25, -0.2) is 8.78 Å². The molecule has 2 aromatic rings. The van der Waals surface area contributed by atoms with Crippen LogP contribution in [0.15, 0.2) is 39.6 Å². The summed E-state index contributed by atoms with van der Waals surface area (Å²) in [4.78, 5) is 0. The van der Waals surface area contributed by atoms with E-state index in [0.717, 1.165) is 5.56 Å². The summed E-state index contributed by atoms with van der Waals surface area (Å²) in [6.07, 6.45) is 3.36. The first kappa shape index (κ1) is 14.2. The van der Waals surface area contributed by atoms with Crippen molar-refractivity contribution in [2.24, 2.45) is 0 Å². The van der Waals surface area contributed by atoms with Crippen molar-refractivity contribution in [3.05, 3.63) is 58.0 Å². The fraction of sp³-hybridized carbons (Fsp3) is 0.286. The molecule has 5 heteroatoms. The van der Waals surface area contributed by atoms with E-state index in [9.17, 15) is 8.78 Å². The summed E-state index contributed by atoms with van der Waals surface area (Å²) in [6.45, 7) is 2.65. The fourth-order valence-electron chi connectivity index (χ4n) is 1.99. The maximum absolute atomic E-state index is 14.0. The Morgan fingerprint density at radius 1 is 1.32 bits per heavy atom. The van der Waals surface area contributed by atoms with Gasteiger partial charge in [0.05, 0.1) is 17.0 Å². The van der Waals surface area contributed by atoms with Gasteiger partial charge in [-0.1, -0.05) is 6.92 Å². The number of nitrogens with one attached hydrogen (secondary N) is 1. The van der Waals surface area contributed by atoms with Crippen molar-refractivity contribution in [2.45, 2.75) is 19.4 Å². The molecule has 1 aromatic carbocycles. The Morgan fingerprint density at radius 2 is 2.11 bits per heavy atom. The van der Waals surface area contributed by atoms with Crippen molar-refractivity contribution in [3.63, 3.8) is 0 Å². The molecule has 0 amide bonds. The number of likely N-dealkylation sites (N-methyl/N-ethyl adjacent to an activating group) is 1. The molecule has 19 heavy (non-hydrogen) atoms. The minimum absolute atomic E-state index is 0.0709. The molecule has 0 aliphatic carbocycles. The lowest BCUT2D eigenvalue weighted by atomic mass is 10.00. The Morgan fingerprint density at radius 3 is 2.74 bits per heavy atom. The minimum Gasteiger partial charge on any atom is -0.472 e. The summed E-state index contributed by atoms with van der Waals surface area (Å²) in [7, 11) is 0. The monoisotopic (exact) mass is 329 g/mol. The highest BCUT2D eigenvalue weighted by Gasteiger charge is 2.19. The van der Waals surface area contributed by atoms with Gasteiger partial charge in [0.2, 0.25) is 0 Å². The highest BCUT2D eigenvalue weighted by molar-refractivity contribution is 9.10. The fourth-order valence-corrected chi connectivity index (χ4v) is 2.36. The summed E-state index contributed by atoms with van der Waals surface area (Å²) < 4.78 is 33.0. The van der Waals surface area contributed by atoms with Gasteiger partial charge in [-0.3, -0.25) is 0 Å². The quantitative estimate of drug-likeness (QED) is 0.831. The third kappa shape index (κ3) is 3.22. The van der Waals surface area contributed by atoms with Crippen molar-refractivity contribution in [1.29, 1.82) is 0 Å². The second-order valence-corrected chi connectivity index (χ2v) is 5.05. The maximum Gasteiger partial charge on any atom is 0.143 e. The van der Waals surface area contributed by atoms with E-state index in [1.807, 2.05) is 6.92 Å². The van der Waals surface area contributed by atoms with Crippen LogP contribution in [0.3, 0.4) is 0 Å². The average Bonchev–Trinajstić information content (AvgIpc) is 2.92. The Balaban J connectivity index is 2.30. The van der Waals surface area contributed by atoms with Crippen molar-refractivity contribution in [1.82, 2.24) is 5.32 Å². The maximum atomic E-state index is 14.0. The summed E-state index contributed by atoms with van der Waals surface area (Å²) in [5.41, 5.74) is 0.946. The third-order valence-corrected chi connectivity index (χ3v) is 3.56. The molecule has 0 aliphatic rings. The zero-order chi connectivity index (χ0) is 13.8. The highest BCUT2D eigenvalue weighted by Crippen LogP contribution is 2.26. The molecule has 1 aromatic heterocycles. The van der Waals surface area contributed by atoms with E-state index in [4.69, 9.17) is 4.42 Å². The molecule has 0 spiro atoms. The standard InChI is InChI=1S/C14H14BrF2NO/c1-2-18-13(9-5-6-19-8-9)7-10-12(16)4-3-11(15)14(10)17/h3-6,8,13,18H,2,7H2,1H3. The van der Waals surface area contributed by atoms with Gasteiger partial charge in [-0.05, 0) is 47.1 Å². The van der Waals surface area contributed by atoms with E-state index in [0.29, 0.717) is 6.54 Å². The number of rotatable bonds is 5. The lowest BCUT2D eigenvalue weighted by molar-refractivity contribution is 0.490. The number of halogens is 3. The number of furan rings is 1.